The van der Waals surface area contributed by atoms with Crippen molar-refractivity contribution in [3.63, 3.8) is 0 Å². The maximum Gasteiger partial charge on any atom is 0.264 e. The molecule has 4 aromatic rings. The van der Waals surface area contributed by atoms with Gasteiger partial charge in [-0.2, -0.15) is 0 Å². The van der Waals surface area contributed by atoms with Gasteiger partial charge in [0.1, 0.15) is 12.6 Å². The van der Waals surface area contributed by atoms with Crippen LogP contribution < -0.4 is 9.62 Å². The normalized spacial score (nSPS) is 14.1. The molecule has 0 aliphatic heterocycles. The zero-order valence-electron chi connectivity index (χ0n) is 24.4. The van der Waals surface area contributed by atoms with Crippen LogP contribution in [0.4, 0.5) is 5.69 Å². The van der Waals surface area contributed by atoms with Crippen LogP contribution in [0.1, 0.15) is 36.8 Å². The van der Waals surface area contributed by atoms with E-state index in [1.54, 1.807) is 30.3 Å². The molecule has 0 aromatic heterocycles. The minimum absolute atomic E-state index is 0.00738. The standard InChI is InChI=1S/C35H36ClN3O4S/c36-29-20-22-32(23-21-29)44(42,43)39(31-18-8-3-9-19-31)26-34(40)38(25-28-14-6-2-7-15-28)33(24-27-12-4-1-5-13-27)35(41)37-30-16-10-11-17-30/h1-9,12-15,18-23,30,33H,10-11,16-17,24-26H2,(H,37,41)/t33-/m0/s1. The number of sulfonamides is 1. The summed E-state index contributed by atoms with van der Waals surface area (Å²) >= 11 is 6.05. The molecule has 1 fully saturated rings. The summed E-state index contributed by atoms with van der Waals surface area (Å²) < 4.78 is 29.1. The summed E-state index contributed by atoms with van der Waals surface area (Å²) in [7, 11) is -4.17. The number of halogens is 1. The molecule has 0 saturated heterocycles. The fourth-order valence-electron chi connectivity index (χ4n) is 5.56. The van der Waals surface area contributed by atoms with E-state index in [9.17, 15) is 18.0 Å². The predicted octanol–water partition coefficient (Wildman–Crippen LogP) is 6.23. The quantitative estimate of drug-likeness (QED) is 0.201. The van der Waals surface area contributed by atoms with Crippen LogP contribution in [0.15, 0.2) is 120 Å². The number of anilines is 1. The molecule has 1 saturated carbocycles. The second-order valence-corrected chi connectivity index (χ2v) is 13.3. The minimum atomic E-state index is -4.17. The van der Waals surface area contributed by atoms with Crippen molar-refractivity contribution in [3.8, 4) is 0 Å². The Labute approximate surface area is 264 Å². The van der Waals surface area contributed by atoms with Crippen LogP contribution in [0.5, 0.6) is 0 Å². The van der Waals surface area contributed by atoms with Crippen molar-refractivity contribution in [1.82, 2.24) is 10.2 Å². The number of para-hydroxylation sites is 1. The van der Waals surface area contributed by atoms with Gasteiger partial charge in [-0.25, -0.2) is 8.42 Å². The Morgan fingerprint density at radius 3 is 1.91 bits per heavy atom. The summed E-state index contributed by atoms with van der Waals surface area (Å²) in [5.74, 6) is -0.727. The smallest absolute Gasteiger partial charge is 0.264 e. The van der Waals surface area contributed by atoms with Gasteiger partial charge in [-0.15, -0.1) is 0 Å². The summed E-state index contributed by atoms with van der Waals surface area (Å²) in [4.78, 5) is 30.0. The first-order valence-corrected chi connectivity index (χ1v) is 16.6. The number of nitrogens with zero attached hydrogens (tertiary/aromatic N) is 2. The van der Waals surface area contributed by atoms with E-state index in [-0.39, 0.29) is 29.8 Å². The minimum Gasteiger partial charge on any atom is -0.352 e. The van der Waals surface area contributed by atoms with E-state index >= 15 is 0 Å². The number of amides is 2. The molecule has 9 heteroatoms. The van der Waals surface area contributed by atoms with Gasteiger partial charge in [0.25, 0.3) is 10.0 Å². The van der Waals surface area contributed by atoms with E-state index in [4.69, 9.17) is 11.6 Å². The second-order valence-electron chi connectivity index (χ2n) is 11.0. The molecule has 44 heavy (non-hydrogen) atoms. The van der Waals surface area contributed by atoms with Crippen molar-refractivity contribution in [2.45, 2.75) is 55.6 Å². The van der Waals surface area contributed by atoms with Crippen LogP contribution in [0.3, 0.4) is 0 Å². The third-order valence-corrected chi connectivity index (χ3v) is 9.93. The van der Waals surface area contributed by atoms with Gasteiger partial charge in [-0.05, 0) is 60.4 Å². The molecule has 2 amide bonds. The third kappa shape index (κ3) is 7.87. The van der Waals surface area contributed by atoms with Crippen LogP contribution in [0.2, 0.25) is 5.02 Å². The highest BCUT2D eigenvalue weighted by molar-refractivity contribution is 7.92. The van der Waals surface area contributed by atoms with Gasteiger partial charge in [0.15, 0.2) is 0 Å². The van der Waals surface area contributed by atoms with Crippen LogP contribution >= 0.6 is 11.6 Å². The molecule has 1 atom stereocenters. The molecule has 5 rings (SSSR count). The maximum absolute atomic E-state index is 14.5. The zero-order chi connectivity index (χ0) is 30.9. The molecule has 7 nitrogen and oxygen atoms in total. The highest BCUT2D eigenvalue weighted by Crippen LogP contribution is 2.26. The predicted molar refractivity (Wildman–Crippen MR) is 174 cm³/mol. The molecule has 0 unspecified atom stereocenters. The number of nitrogens with one attached hydrogen (secondary N) is 1. The largest absolute Gasteiger partial charge is 0.352 e. The number of carbonyl (C=O) groups is 2. The fourth-order valence-corrected chi connectivity index (χ4v) is 7.10. The van der Waals surface area contributed by atoms with E-state index in [1.807, 2.05) is 60.7 Å². The molecule has 4 aromatic carbocycles. The van der Waals surface area contributed by atoms with Crippen molar-refractivity contribution in [3.05, 3.63) is 131 Å². The Bertz CT molecular complexity index is 1630. The lowest BCUT2D eigenvalue weighted by molar-refractivity contribution is -0.140. The van der Waals surface area contributed by atoms with Gasteiger partial charge in [0, 0.05) is 24.0 Å². The van der Waals surface area contributed by atoms with Gasteiger partial charge in [0.05, 0.1) is 10.6 Å². The van der Waals surface area contributed by atoms with Gasteiger partial charge in [0.2, 0.25) is 11.8 Å². The number of hydrogen-bond donors (Lipinski definition) is 1. The Hall–Kier alpha value is -4.14. The molecule has 1 aliphatic carbocycles. The topological polar surface area (TPSA) is 86.8 Å². The van der Waals surface area contributed by atoms with Crippen LogP contribution in [0.25, 0.3) is 0 Å². The summed E-state index contributed by atoms with van der Waals surface area (Å²) in [5.41, 5.74) is 2.07. The van der Waals surface area contributed by atoms with Crippen molar-refractivity contribution in [2.75, 3.05) is 10.8 Å². The lowest BCUT2D eigenvalue weighted by atomic mass is 10.0. The summed E-state index contributed by atoms with van der Waals surface area (Å²) in [6, 6.07) is 32.6. The van der Waals surface area contributed by atoms with Crippen molar-refractivity contribution in [2.24, 2.45) is 0 Å². The Balaban J connectivity index is 1.54. The van der Waals surface area contributed by atoms with Gasteiger partial charge in [-0.1, -0.05) is 103 Å². The first-order chi connectivity index (χ1) is 21.3. The molecule has 0 heterocycles. The van der Waals surface area contributed by atoms with Crippen molar-refractivity contribution in [1.29, 1.82) is 0 Å². The lowest BCUT2D eigenvalue weighted by Crippen LogP contribution is -2.54. The summed E-state index contributed by atoms with van der Waals surface area (Å²) in [5, 5.41) is 3.59. The molecule has 228 valence electrons. The van der Waals surface area contributed by atoms with E-state index in [2.05, 4.69) is 5.32 Å². The van der Waals surface area contributed by atoms with Gasteiger partial charge >= 0.3 is 0 Å². The van der Waals surface area contributed by atoms with Gasteiger partial charge < -0.3 is 10.2 Å². The number of rotatable bonds is 12. The highest BCUT2D eigenvalue weighted by Gasteiger charge is 2.35. The average Bonchev–Trinajstić information content (AvgIpc) is 3.56. The molecule has 1 aliphatic rings. The first-order valence-electron chi connectivity index (χ1n) is 14.8. The summed E-state index contributed by atoms with van der Waals surface area (Å²) in [6.07, 6.45) is 4.19. The third-order valence-electron chi connectivity index (χ3n) is 7.89. The van der Waals surface area contributed by atoms with E-state index in [0.29, 0.717) is 10.7 Å². The second kappa shape index (κ2) is 14.6. The van der Waals surface area contributed by atoms with Crippen LogP contribution in [-0.4, -0.2) is 43.8 Å². The molecule has 1 N–H and O–H groups in total. The fraction of sp³-hybridized carbons (Fsp3) is 0.257. The SMILES string of the molecule is O=C(NC1CCCC1)[C@H](Cc1ccccc1)N(Cc1ccccc1)C(=O)CN(c1ccccc1)S(=O)(=O)c1ccc(Cl)cc1. The first kappa shape index (κ1) is 31.3. The average molecular weight is 630 g/mol. The molecule has 0 bridgehead atoms. The van der Waals surface area contributed by atoms with Crippen molar-refractivity contribution < 1.29 is 18.0 Å². The molecule has 0 spiro atoms. The lowest BCUT2D eigenvalue weighted by Gasteiger charge is -2.34. The summed E-state index contributed by atoms with van der Waals surface area (Å²) in [6.45, 7) is -0.358. The van der Waals surface area contributed by atoms with Crippen molar-refractivity contribution >= 4 is 39.1 Å². The number of carbonyl (C=O) groups excluding carboxylic acids is 2. The maximum atomic E-state index is 14.5. The highest BCUT2D eigenvalue weighted by atomic mass is 35.5. The number of benzene rings is 4. The van der Waals surface area contributed by atoms with E-state index < -0.39 is 28.5 Å². The molecular formula is C35H36ClN3O4S. The van der Waals surface area contributed by atoms with Crippen LogP contribution in [0, 0.1) is 0 Å². The Kier molecular flexibility index (Phi) is 10.4. The Morgan fingerprint density at radius 1 is 0.773 bits per heavy atom. The Morgan fingerprint density at radius 2 is 1.32 bits per heavy atom. The molecular weight excluding hydrogens is 594 g/mol. The number of hydrogen-bond acceptors (Lipinski definition) is 4. The van der Waals surface area contributed by atoms with Gasteiger partial charge in [-0.3, -0.25) is 13.9 Å². The van der Waals surface area contributed by atoms with E-state index in [0.717, 1.165) is 41.1 Å². The van der Waals surface area contributed by atoms with E-state index in [1.165, 1.54) is 29.2 Å². The van der Waals surface area contributed by atoms with Crippen LogP contribution in [-0.2, 0) is 32.6 Å². The monoisotopic (exact) mass is 629 g/mol. The molecule has 0 radical (unpaired) electrons. The zero-order valence-corrected chi connectivity index (χ0v) is 26.0.